The highest BCUT2D eigenvalue weighted by atomic mass is 79.9. The number of nitrogens with zero attached hydrogens (tertiary/aromatic N) is 1. The molecule has 0 aliphatic rings. The first kappa shape index (κ1) is 7.69. The maximum atomic E-state index is 8.71. The van der Waals surface area contributed by atoms with Crippen LogP contribution in [-0.2, 0) is 11.9 Å². The lowest BCUT2D eigenvalue weighted by atomic mass is 10.2. The normalized spacial score (nSPS) is 9.80. The van der Waals surface area contributed by atoms with Crippen molar-refractivity contribution in [2.75, 3.05) is 0 Å². The number of aliphatic hydroxyl groups excluding tert-OH is 1. The molecule has 0 spiro atoms. The first-order valence-electron chi connectivity index (χ1n) is 2.97. The lowest BCUT2D eigenvalue weighted by molar-refractivity contribution is 0.281. The maximum Gasteiger partial charge on any atom is 0.0683 e. The van der Waals surface area contributed by atoms with E-state index in [4.69, 9.17) is 5.11 Å². The Balaban J connectivity index is 2.87. The van der Waals surface area contributed by atoms with E-state index in [1.165, 1.54) is 0 Å². The smallest absolute Gasteiger partial charge is 0.0683 e. The average Bonchev–Trinajstić information content (AvgIpc) is 2.05. The van der Waals surface area contributed by atoms with Crippen LogP contribution in [0, 0.1) is 0 Å². The fourth-order valence-electron chi connectivity index (χ4n) is 0.700. The largest absolute Gasteiger partial charge is 0.392 e. The fraction of sp³-hybridized carbons (Fsp3) is 0.286. The third-order valence-electron chi connectivity index (χ3n) is 1.20. The Morgan fingerprint density at radius 1 is 1.60 bits per heavy atom. The van der Waals surface area contributed by atoms with Crippen molar-refractivity contribution in [3.8, 4) is 0 Å². The molecule has 0 bridgehead atoms. The van der Waals surface area contributed by atoms with Crippen molar-refractivity contribution >= 4 is 15.9 Å². The van der Waals surface area contributed by atoms with E-state index in [9.17, 15) is 0 Å². The summed E-state index contributed by atoms with van der Waals surface area (Å²) in [4.78, 5) is 4.05. The number of alkyl halides is 1. The molecule has 1 aromatic rings. The molecule has 3 heteroatoms. The Labute approximate surface area is 68.0 Å². The summed E-state index contributed by atoms with van der Waals surface area (Å²) in [6.07, 6.45) is 1.70. The molecule has 0 fully saturated rings. The first-order chi connectivity index (χ1) is 4.86. The van der Waals surface area contributed by atoms with Gasteiger partial charge >= 0.3 is 0 Å². The van der Waals surface area contributed by atoms with Gasteiger partial charge in [0.05, 0.1) is 12.3 Å². The number of halogens is 1. The molecule has 0 aliphatic carbocycles. The summed E-state index contributed by atoms with van der Waals surface area (Å²) in [5, 5.41) is 9.45. The minimum absolute atomic E-state index is 0.0858. The molecular weight excluding hydrogens is 194 g/mol. The van der Waals surface area contributed by atoms with E-state index in [-0.39, 0.29) is 6.61 Å². The molecule has 0 saturated carbocycles. The minimum atomic E-state index is 0.0858. The van der Waals surface area contributed by atoms with Gasteiger partial charge in [-0.15, -0.1) is 0 Å². The zero-order valence-corrected chi connectivity index (χ0v) is 7.00. The summed E-state index contributed by atoms with van der Waals surface area (Å²) in [5.74, 6) is 0. The fourth-order valence-corrected chi connectivity index (χ4v) is 1.01. The van der Waals surface area contributed by atoms with Gasteiger partial charge in [-0.05, 0) is 17.7 Å². The monoisotopic (exact) mass is 201 g/mol. The van der Waals surface area contributed by atoms with Crippen LogP contribution in [0.5, 0.6) is 0 Å². The van der Waals surface area contributed by atoms with Crippen molar-refractivity contribution in [2.24, 2.45) is 0 Å². The summed E-state index contributed by atoms with van der Waals surface area (Å²) in [7, 11) is 0. The minimum Gasteiger partial charge on any atom is -0.392 e. The zero-order valence-electron chi connectivity index (χ0n) is 5.42. The van der Waals surface area contributed by atoms with Crippen LogP contribution in [0.4, 0.5) is 0 Å². The van der Waals surface area contributed by atoms with Gasteiger partial charge in [0.2, 0.25) is 0 Å². The Morgan fingerprint density at radius 2 is 2.40 bits per heavy atom. The van der Waals surface area contributed by atoms with Gasteiger partial charge in [-0.2, -0.15) is 0 Å². The summed E-state index contributed by atoms with van der Waals surface area (Å²) in [5.41, 5.74) is 1.86. The molecule has 1 heterocycles. The van der Waals surface area contributed by atoms with E-state index in [0.29, 0.717) is 0 Å². The molecule has 10 heavy (non-hydrogen) atoms. The molecule has 1 aromatic heterocycles. The topological polar surface area (TPSA) is 33.1 Å². The van der Waals surface area contributed by atoms with Gasteiger partial charge in [-0.3, -0.25) is 4.98 Å². The Kier molecular flexibility index (Phi) is 2.83. The van der Waals surface area contributed by atoms with Crippen molar-refractivity contribution in [3.05, 3.63) is 29.6 Å². The molecule has 0 aliphatic heterocycles. The summed E-state index contributed by atoms with van der Waals surface area (Å²) >= 11 is 3.28. The Hall–Kier alpha value is -0.410. The van der Waals surface area contributed by atoms with Crippen molar-refractivity contribution in [1.29, 1.82) is 0 Å². The van der Waals surface area contributed by atoms with Crippen molar-refractivity contribution in [3.63, 3.8) is 0 Å². The second-order valence-electron chi connectivity index (χ2n) is 1.95. The molecule has 0 aromatic carbocycles. The molecule has 0 radical (unpaired) electrons. The maximum absolute atomic E-state index is 8.71. The van der Waals surface area contributed by atoms with Crippen molar-refractivity contribution in [1.82, 2.24) is 4.98 Å². The number of hydrogen-bond acceptors (Lipinski definition) is 2. The second-order valence-corrected chi connectivity index (χ2v) is 2.51. The summed E-state index contributed by atoms with van der Waals surface area (Å²) in [6, 6.07) is 3.67. The number of aromatic nitrogens is 1. The molecule has 2 nitrogen and oxygen atoms in total. The molecule has 1 N–H and O–H groups in total. The van der Waals surface area contributed by atoms with Crippen molar-refractivity contribution in [2.45, 2.75) is 11.9 Å². The van der Waals surface area contributed by atoms with Crippen LogP contribution in [0.15, 0.2) is 18.3 Å². The molecule has 1 rings (SSSR count). The quantitative estimate of drug-likeness (QED) is 0.736. The van der Waals surface area contributed by atoms with Crippen LogP contribution in [0.2, 0.25) is 0 Å². The number of aliphatic hydroxyl groups is 1. The van der Waals surface area contributed by atoms with E-state index in [2.05, 4.69) is 20.9 Å². The highest BCUT2D eigenvalue weighted by Crippen LogP contribution is 2.04. The van der Waals surface area contributed by atoms with E-state index in [0.717, 1.165) is 16.6 Å². The van der Waals surface area contributed by atoms with Gasteiger partial charge in [-0.1, -0.05) is 15.9 Å². The van der Waals surface area contributed by atoms with Gasteiger partial charge in [0.1, 0.15) is 0 Å². The first-order valence-corrected chi connectivity index (χ1v) is 4.09. The van der Waals surface area contributed by atoms with E-state index >= 15 is 0 Å². The molecule has 0 amide bonds. The van der Waals surface area contributed by atoms with Crippen LogP contribution in [0.1, 0.15) is 11.3 Å². The number of hydrogen-bond donors (Lipinski definition) is 1. The molecular formula is C7H8BrNO. The molecule has 0 saturated heterocycles. The van der Waals surface area contributed by atoms with E-state index in [1.807, 2.05) is 6.07 Å². The average molecular weight is 202 g/mol. The van der Waals surface area contributed by atoms with E-state index in [1.54, 1.807) is 12.3 Å². The molecule has 54 valence electrons. The van der Waals surface area contributed by atoms with E-state index < -0.39 is 0 Å². The lowest BCUT2D eigenvalue weighted by Crippen LogP contribution is -1.88. The Bertz CT molecular complexity index is 195. The van der Waals surface area contributed by atoms with Gasteiger partial charge < -0.3 is 5.11 Å². The van der Waals surface area contributed by atoms with Gasteiger partial charge in [0, 0.05) is 11.5 Å². The second kappa shape index (κ2) is 3.68. The molecule has 0 unspecified atom stereocenters. The van der Waals surface area contributed by atoms with Gasteiger partial charge in [0.15, 0.2) is 0 Å². The van der Waals surface area contributed by atoms with Crippen LogP contribution >= 0.6 is 15.9 Å². The number of pyridine rings is 1. The number of rotatable bonds is 2. The predicted octanol–water partition coefficient (Wildman–Crippen LogP) is 1.47. The van der Waals surface area contributed by atoms with Crippen LogP contribution in [0.3, 0.4) is 0 Å². The SMILES string of the molecule is OCc1ccnc(CBr)c1. The van der Waals surface area contributed by atoms with Gasteiger partial charge in [0.25, 0.3) is 0 Å². The van der Waals surface area contributed by atoms with Crippen LogP contribution < -0.4 is 0 Å². The Morgan fingerprint density at radius 3 is 3.00 bits per heavy atom. The summed E-state index contributed by atoms with van der Waals surface area (Å²) < 4.78 is 0. The van der Waals surface area contributed by atoms with Crippen LogP contribution in [0.25, 0.3) is 0 Å². The third kappa shape index (κ3) is 1.78. The van der Waals surface area contributed by atoms with Crippen molar-refractivity contribution < 1.29 is 5.11 Å². The third-order valence-corrected chi connectivity index (χ3v) is 1.77. The molecule has 0 atom stereocenters. The highest BCUT2D eigenvalue weighted by Gasteiger charge is 1.92. The predicted molar refractivity (Wildman–Crippen MR) is 42.8 cm³/mol. The zero-order chi connectivity index (χ0) is 7.40. The van der Waals surface area contributed by atoms with Crippen LogP contribution in [-0.4, -0.2) is 10.1 Å². The highest BCUT2D eigenvalue weighted by molar-refractivity contribution is 9.08. The standard InChI is InChI=1S/C7H8BrNO/c8-4-7-3-6(5-10)1-2-9-7/h1-3,10H,4-5H2. The van der Waals surface area contributed by atoms with Gasteiger partial charge in [-0.25, -0.2) is 0 Å². The lowest BCUT2D eigenvalue weighted by Gasteiger charge is -1.96. The summed E-state index contributed by atoms with van der Waals surface area (Å²) in [6.45, 7) is 0.0858.